The van der Waals surface area contributed by atoms with Crippen LogP contribution in [-0.2, 0) is 6.54 Å². The summed E-state index contributed by atoms with van der Waals surface area (Å²) in [5.41, 5.74) is 1.43. The van der Waals surface area contributed by atoms with Crippen molar-refractivity contribution in [3.63, 3.8) is 0 Å². The third-order valence-electron chi connectivity index (χ3n) is 3.50. The predicted molar refractivity (Wildman–Crippen MR) is 96.1 cm³/mol. The molecule has 0 fully saturated rings. The minimum Gasteiger partial charge on any atom is -0.360 e. The first-order valence-electron chi connectivity index (χ1n) is 7.73. The Morgan fingerprint density at radius 2 is 1.77 bits per heavy atom. The van der Waals surface area contributed by atoms with Crippen LogP contribution in [0.1, 0.15) is 32.0 Å². The van der Waals surface area contributed by atoms with Crippen molar-refractivity contribution in [2.75, 3.05) is 5.32 Å². The molecule has 0 bridgehead atoms. The standard InChI is InChI=1S/C18H15ClN4O3/c1-11-6-16(23-26-11)22-18(25)14-7-13(9-20-10-14)17(24)21-8-12-2-4-15(19)5-3-12/h2-7,9-10H,8H2,1H3,(H,21,24)(H,22,23,25). The first kappa shape index (κ1) is 17.6. The Morgan fingerprint density at radius 1 is 1.08 bits per heavy atom. The van der Waals surface area contributed by atoms with Crippen LogP contribution in [0.2, 0.25) is 5.02 Å². The molecule has 3 aromatic rings. The minimum absolute atomic E-state index is 0.241. The maximum Gasteiger partial charge on any atom is 0.258 e. The third kappa shape index (κ3) is 4.46. The van der Waals surface area contributed by atoms with Gasteiger partial charge in [-0.25, -0.2) is 0 Å². The van der Waals surface area contributed by atoms with E-state index < -0.39 is 5.91 Å². The summed E-state index contributed by atoms with van der Waals surface area (Å²) in [7, 11) is 0. The maximum atomic E-state index is 12.3. The molecule has 0 saturated carbocycles. The lowest BCUT2D eigenvalue weighted by Gasteiger charge is -2.07. The first-order chi connectivity index (χ1) is 12.5. The number of nitrogens with zero attached hydrogens (tertiary/aromatic N) is 2. The van der Waals surface area contributed by atoms with Gasteiger partial charge in [-0.15, -0.1) is 0 Å². The van der Waals surface area contributed by atoms with Crippen molar-refractivity contribution in [3.05, 3.63) is 76.3 Å². The zero-order valence-electron chi connectivity index (χ0n) is 13.8. The zero-order valence-corrected chi connectivity index (χ0v) is 14.6. The largest absolute Gasteiger partial charge is 0.360 e. The second-order valence-corrected chi connectivity index (χ2v) is 5.98. The van der Waals surface area contributed by atoms with Crippen LogP contribution in [-0.4, -0.2) is 22.0 Å². The predicted octanol–water partition coefficient (Wildman–Crippen LogP) is 3.21. The highest BCUT2D eigenvalue weighted by Crippen LogP contribution is 2.11. The molecule has 2 aromatic heterocycles. The van der Waals surface area contributed by atoms with Gasteiger partial charge in [0.1, 0.15) is 5.76 Å². The fourth-order valence-electron chi connectivity index (χ4n) is 2.19. The highest BCUT2D eigenvalue weighted by Gasteiger charge is 2.13. The van der Waals surface area contributed by atoms with Gasteiger partial charge < -0.3 is 15.2 Å². The molecule has 0 spiro atoms. The Balaban J connectivity index is 1.64. The summed E-state index contributed by atoms with van der Waals surface area (Å²) in [6.07, 6.45) is 2.77. The Hall–Kier alpha value is -3.19. The molecular formula is C18H15ClN4O3. The van der Waals surface area contributed by atoms with Crippen molar-refractivity contribution >= 4 is 29.2 Å². The van der Waals surface area contributed by atoms with Crippen molar-refractivity contribution in [3.8, 4) is 0 Å². The van der Waals surface area contributed by atoms with E-state index in [1.165, 1.54) is 18.5 Å². The number of anilines is 1. The molecule has 3 rings (SSSR count). The molecular weight excluding hydrogens is 356 g/mol. The molecule has 0 radical (unpaired) electrons. The summed E-state index contributed by atoms with van der Waals surface area (Å²) in [4.78, 5) is 28.5. The van der Waals surface area contributed by atoms with Crippen LogP contribution in [0.3, 0.4) is 0 Å². The van der Waals surface area contributed by atoms with Gasteiger partial charge in [0.2, 0.25) is 0 Å². The van der Waals surface area contributed by atoms with Gasteiger partial charge in [0.25, 0.3) is 11.8 Å². The lowest BCUT2D eigenvalue weighted by Crippen LogP contribution is -2.23. The molecule has 0 saturated heterocycles. The molecule has 2 N–H and O–H groups in total. The van der Waals surface area contributed by atoms with E-state index in [1.807, 2.05) is 12.1 Å². The van der Waals surface area contributed by atoms with Crippen LogP contribution in [0, 0.1) is 6.92 Å². The number of rotatable bonds is 5. The van der Waals surface area contributed by atoms with E-state index in [9.17, 15) is 9.59 Å². The van der Waals surface area contributed by atoms with Crippen LogP contribution < -0.4 is 10.6 Å². The van der Waals surface area contributed by atoms with Crippen LogP contribution in [0.15, 0.2) is 53.3 Å². The maximum absolute atomic E-state index is 12.3. The van der Waals surface area contributed by atoms with Gasteiger partial charge in [0, 0.05) is 30.0 Å². The molecule has 0 atom stereocenters. The number of halogens is 1. The molecule has 26 heavy (non-hydrogen) atoms. The van der Waals surface area contributed by atoms with E-state index in [4.69, 9.17) is 16.1 Å². The number of carbonyl (C=O) groups is 2. The summed E-state index contributed by atoms with van der Waals surface area (Å²) >= 11 is 5.83. The van der Waals surface area contributed by atoms with E-state index in [-0.39, 0.29) is 17.0 Å². The van der Waals surface area contributed by atoms with E-state index in [0.29, 0.717) is 23.1 Å². The van der Waals surface area contributed by atoms with Crippen molar-refractivity contribution in [1.29, 1.82) is 0 Å². The van der Waals surface area contributed by atoms with Crippen molar-refractivity contribution in [2.45, 2.75) is 13.5 Å². The van der Waals surface area contributed by atoms with Crippen molar-refractivity contribution in [2.24, 2.45) is 0 Å². The van der Waals surface area contributed by atoms with Gasteiger partial charge in [-0.2, -0.15) is 0 Å². The Bertz CT molecular complexity index is 938. The van der Waals surface area contributed by atoms with E-state index in [2.05, 4.69) is 20.8 Å². The average molecular weight is 371 g/mol. The second kappa shape index (κ2) is 7.79. The summed E-state index contributed by atoms with van der Waals surface area (Å²) in [5.74, 6) is 0.108. The molecule has 0 aliphatic carbocycles. The van der Waals surface area contributed by atoms with Crippen LogP contribution in [0.25, 0.3) is 0 Å². The fourth-order valence-corrected chi connectivity index (χ4v) is 2.31. The number of aryl methyl sites for hydroxylation is 1. The molecule has 7 nitrogen and oxygen atoms in total. The number of hydrogen-bond donors (Lipinski definition) is 2. The monoisotopic (exact) mass is 370 g/mol. The highest BCUT2D eigenvalue weighted by molar-refractivity contribution is 6.30. The minimum atomic E-state index is -0.432. The first-order valence-corrected chi connectivity index (χ1v) is 8.11. The SMILES string of the molecule is Cc1cc(NC(=O)c2cncc(C(=O)NCc3ccc(Cl)cc3)c2)no1. The second-order valence-electron chi connectivity index (χ2n) is 5.55. The van der Waals surface area contributed by atoms with Gasteiger partial charge in [0.05, 0.1) is 11.1 Å². The van der Waals surface area contributed by atoms with Crippen LogP contribution in [0.4, 0.5) is 5.82 Å². The quantitative estimate of drug-likeness (QED) is 0.718. The number of hydrogen-bond acceptors (Lipinski definition) is 5. The topological polar surface area (TPSA) is 97.1 Å². The molecule has 2 heterocycles. The lowest BCUT2D eigenvalue weighted by molar-refractivity contribution is 0.0950. The van der Waals surface area contributed by atoms with Gasteiger partial charge in [-0.1, -0.05) is 28.9 Å². The molecule has 132 valence electrons. The number of carbonyl (C=O) groups excluding carboxylic acids is 2. The van der Waals surface area contributed by atoms with Gasteiger partial charge in [-0.3, -0.25) is 14.6 Å². The zero-order chi connectivity index (χ0) is 18.5. The molecule has 1 aromatic carbocycles. The molecule has 2 amide bonds. The fraction of sp³-hybridized carbons (Fsp3) is 0.111. The molecule has 8 heteroatoms. The van der Waals surface area contributed by atoms with Crippen LogP contribution in [0.5, 0.6) is 0 Å². The number of amides is 2. The Kier molecular flexibility index (Phi) is 5.28. The van der Waals surface area contributed by atoms with E-state index in [1.54, 1.807) is 25.1 Å². The van der Waals surface area contributed by atoms with Gasteiger partial charge in [0.15, 0.2) is 5.82 Å². The summed E-state index contributed by atoms with van der Waals surface area (Å²) < 4.78 is 4.89. The third-order valence-corrected chi connectivity index (χ3v) is 3.75. The summed E-state index contributed by atoms with van der Waals surface area (Å²) in [6.45, 7) is 2.06. The molecule has 0 aliphatic rings. The van der Waals surface area contributed by atoms with Crippen molar-refractivity contribution in [1.82, 2.24) is 15.5 Å². The summed E-state index contributed by atoms with van der Waals surface area (Å²) in [6, 6.07) is 10.2. The number of aromatic nitrogens is 2. The van der Waals surface area contributed by atoms with E-state index in [0.717, 1.165) is 5.56 Å². The Labute approximate surface area is 154 Å². The number of pyridine rings is 1. The molecule has 0 aliphatic heterocycles. The van der Waals surface area contributed by atoms with Crippen molar-refractivity contribution < 1.29 is 14.1 Å². The average Bonchev–Trinajstić information content (AvgIpc) is 3.05. The number of nitrogens with one attached hydrogen (secondary N) is 2. The van der Waals surface area contributed by atoms with Gasteiger partial charge in [-0.05, 0) is 30.7 Å². The van der Waals surface area contributed by atoms with E-state index >= 15 is 0 Å². The van der Waals surface area contributed by atoms with Gasteiger partial charge >= 0.3 is 0 Å². The lowest BCUT2D eigenvalue weighted by atomic mass is 10.1. The summed E-state index contributed by atoms with van der Waals surface area (Å²) in [5, 5.41) is 9.67. The highest BCUT2D eigenvalue weighted by atomic mass is 35.5. The van der Waals surface area contributed by atoms with Crippen LogP contribution >= 0.6 is 11.6 Å². The molecule has 0 unspecified atom stereocenters. The normalized spacial score (nSPS) is 10.4. The number of benzene rings is 1. The smallest absolute Gasteiger partial charge is 0.258 e. The Morgan fingerprint density at radius 3 is 2.42 bits per heavy atom.